The van der Waals surface area contributed by atoms with Crippen LogP contribution in [0.5, 0.6) is 0 Å². The zero-order valence-corrected chi connectivity index (χ0v) is 10.1. The Kier molecular flexibility index (Phi) is 2.99. The molecule has 5 heteroatoms. The third-order valence-electron chi connectivity index (χ3n) is 3.09. The second kappa shape index (κ2) is 4.14. The number of rotatable bonds is 3. The lowest BCUT2D eigenvalue weighted by Gasteiger charge is -2.33. The van der Waals surface area contributed by atoms with Crippen LogP contribution in [0.4, 0.5) is 0 Å². The van der Waals surface area contributed by atoms with Crippen molar-refractivity contribution in [2.24, 2.45) is 0 Å². The van der Waals surface area contributed by atoms with Crippen LogP contribution < -0.4 is 0 Å². The Hall–Kier alpha value is -0.940. The van der Waals surface area contributed by atoms with Crippen molar-refractivity contribution in [2.45, 2.75) is 51.8 Å². The molecular weight excluding hydrogens is 206 g/mol. The molecule has 2 rings (SSSR count). The maximum atomic E-state index is 10.1. The van der Waals surface area contributed by atoms with E-state index in [1.807, 2.05) is 13.8 Å². The molecule has 0 bridgehead atoms. The van der Waals surface area contributed by atoms with Gasteiger partial charge < -0.3 is 9.63 Å². The second-order valence-electron chi connectivity index (χ2n) is 5.01. The molecule has 5 nitrogen and oxygen atoms in total. The normalized spacial score (nSPS) is 22.9. The first kappa shape index (κ1) is 11.5. The van der Waals surface area contributed by atoms with E-state index < -0.39 is 5.60 Å². The van der Waals surface area contributed by atoms with Crippen molar-refractivity contribution in [3.8, 4) is 0 Å². The summed E-state index contributed by atoms with van der Waals surface area (Å²) in [5.41, 5.74) is -0.671. The number of hydrogen-bond donors (Lipinski definition) is 1. The van der Waals surface area contributed by atoms with E-state index in [-0.39, 0.29) is 6.04 Å². The van der Waals surface area contributed by atoms with Crippen molar-refractivity contribution in [1.82, 2.24) is 15.0 Å². The highest BCUT2D eigenvalue weighted by molar-refractivity contribution is 4.94. The van der Waals surface area contributed by atoms with Crippen LogP contribution in [0.1, 0.15) is 38.4 Å². The van der Waals surface area contributed by atoms with Crippen molar-refractivity contribution in [3.63, 3.8) is 0 Å². The monoisotopic (exact) mass is 225 g/mol. The van der Waals surface area contributed by atoms with Crippen LogP contribution in [-0.4, -0.2) is 38.3 Å². The molecule has 1 aliphatic heterocycles. The molecule has 1 saturated heterocycles. The minimum Gasteiger partial charge on any atom is -0.389 e. The Labute approximate surface area is 95.4 Å². The van der Waals surface area contributed by atoms with E-state index in [1.165, 1.54) is 0 Å². The van der Waals surface area contributed by atoms with E-state index in [0.717, 1.165) is 19.4 Å². The molecule has 1 fully saturated rings. The summed E-state index contributed by atoms with van der Waals surface area (Å²) < 4.78 is 4.95. The Morgan fingerprint density at radius 1 is 1.56 bits per heavy atom. The number of nitrogens with zero attached hydrogens (tertiary/aromatic N) is 3. The first-order valence-electron chi connectivity index (χ1n) is 5.72. The molecule has 90 valence electrons. The fourth-order valence-electron chi connectivity index (χ4n) is 2.40. The third-order valence-corrected chi connectivity index (χ3v) is 3.09. The minimum absolute atomic E-state index is 0.186. The van der Waals surface area contributed by atoms with Gasteiger partial charge in [-0.25, -0.2) is 0 Å². The van der Waals surface area contributed by atoms with Crippen molar-refractivity contribution in [3.05, 3.63) is 11.7 Å². The van der Waals surface area contributed by atoms with Gasteiger partial charge in [-0.1, -0.05) is 5.16 Å². The summed E-state index contributed by atoms with van der Waals surface area (Å²) in [6.07, 6.45) is 2.14. The van der Waals surface area contributed by atoms with Gasteiger partial charge in [-0.3, -0.25) is 4.90 Å². The van der Waals surface area contributed by atoms with Gasteiger partial charge in [0.05, 0.1) is 12.1 Å². The van der Waals surface area contributed by atoms with E-state index in [2.05, 4.69) is 15.0 Å². The highest BCUT2D eigenvalue weighted by atomic mass is 16.5. The molecule has 0 aliphatic carbocycles. The van der Waals surface area contributed by atoms with Gasteiger partial charge in [0.25, 0.3) is 0 Å². The van der Waals surface area contributed by atoms with Gasteiger partial charge >= 0.3 is 0 Å². The third kappa shape index (κ3) is 2.41. The minimum atomic E-state index is -0.671. The molecule has 1 unspecified atom stereocenters. The van der Waals surface area contributed by atoms with Gasteiger partial charge in [0.15, 0.2) is 5.82 Å². The molecule has 0 aromatic carbocycles. The molecule has 16 heavy (non-hydrogen) atoms. The second-order valence-corrected chi connectivity index (χ2v) is 5.01. The first-order chi connectivity index (χ1) is 7.47. The quantitative estimate of drug-likeness (QED) is 0.835. The highest BCUT2D eigenvalue weighted by Gasteiger charge is 2.36. The number of aliphatic hydroxyl groups is 1. The molecule has 0 amide bonds. The summed E-state index contributed by atoms with van der Waals surface area (Å²) in [5, 5.41) is 14.0. The smallest absolute Gasteiger partial charge is 0.223 e. The van der Waals surface area contributed by atoms with E-state index in [1.54, 1.807) is 6.92 Å². The van der Waals surface area contributed by atoms with Crippen LogP contribution in [0.2, 0.25) is 0 Å². The van der Waals surface area contributed by atoms with Crippen LogP contribution >= 0.6 is 0 Å². The van der Waals surface area contributed by atoms with E-state index in [0.29, 0.717) is 18.3 Å². The molecule has 0 saturated carbocycles. The van der Waals surface area contributed by atoms with Gasteiger partial charge in [0.2, 0.25) is 5.89 Å². The summed E-state index contributed by atoms with van der Waals surface area (Å²) in [4.78, 5) is 6.42. The average molecular weight is 225 g/mol. The van der Waals surface area contributed by atoms with Crippen molar-refractivity contribution >= 4 is 0 Å². The molecule has 1 aromatic heterocycles. The maximum Gasteiger partial charge on any atom is 0.223 e. The lowest BCUT2D eigenvalue weighted by molar-refractivity contribution is -0.00592. The number of likely N-dealkylation sites (tertiary alicyclic amines) is 1. The molecule has 1 aromatic rings. The predicted octanol–water partition coefficient (Wildman–Crippen LogP) is 1.11. The molecule has 0 spiro atoms. The molecular formula is C11H19N3O2. The van der Waals surface area contributed by atoms with Gasteiger partial charge in [-0.15, -0.1) is 0 Å². The molecule has 0 radical (unpaired) electrons. The molecule has 1 atom stereocenters. The Morgan fingerprint density at radius 2 is 2.31 bits per heavy atom. The van der Waals surface area contributed by atoms with E-state index >= 15 is 0 Å². The summed E-state index contributed by atoms with van der Waals surface area (Å²) in [6, 6.07) is 0.186. The van der Waals surface area contributed by atoms with Crippen LogP contribution in [0.25, 0.3) is 0 Å². The van der Waals surface area contributed by atoms with Gasteiger partial charge in [0, 0.05) is 13.0 Å². The first-order valence-corrected chi connectivity index (χ1v) is 5.72. The Bertz CT molecular complexity index is 356. The standard InChI is InChI=1S/C11H19N3O2/c1-8-12-10(13-16-8)7-14-6-4-5-9(14)11(2,3)15/h9,15H,4-7H2,1-3H3. The Morgan fingerprint density at radius 3 is 2.88 bits per heavy atom. The fraction of sp³-hybridized carbons (Fsp3) is 0.818. The topological polar surface area (TPSA) is 62.4 Å². The fourth-order valence-corrected chi connectivity index (χ4v) is 2.40. The summed E-state index contributed by atoms with van der Waals surface area (Å²) >= 11 is 0. The van der Waals surface area contributed by atoms with Crippen LogP contribution in [0.3, 0.4) is 0 Å². The van der Waals surface area contributed by atoms with Crippen molar-refractivity contribution in [1.29, 1.82) is 0 Å². The average Bonchev–Trinajstić information content (AvgIpc) is 2.74. The summed E-state index contributed by atoms with van der Waals surface area (Å²) in [7, 11) is 0. The zero-order chi connectivity index (χ0) is 11.8. The zero-order valence-electron chi connectivity index (χ0n) is 10.1. The van der Waals surface area contributed by atoms with Crippen LogP contribution in [0, 0.1) is 6.92 Å². The largest absolute Gasteiger partial charge is 0.389 e. The van der Waals surface area contributed by atoms with Gasteiger partial charge in [0.1, 0.15) is 0 Å². The van der Waals surface area contributed by atoms with Crippen LogP contribution in [-0.2, 0) is 6.54 Å². The molecule has 2 heterocycles. The lowest BCUT2D eigenvalue weighted by atomic mass is 9.97. The number of hydrogen-bond acceptors (Lipinski definition) is 5. The van der Waals surface area contributed by atoms with Crippen LogP contribution in [0.15, 0.2) is 4.52 Å². The van der Waals surface area contributed by atoms with Gasteiger partial charge in [-0.2, -0.15) is 4.98 Å². The van der Waals surface area contributed by atoms with Crippen molar-refractivity contribution in [2.75, 3.05) is 6.54 Å². The van der Waals surface area contributed by atoms with Gasteiger partial charge in [-0.05, 0) is 33.2 Å². The Balaban J connectivity index is 2.04. The van der Waals surface area contributed by atoms with E-state index in [4.69, 9.17) is 4.52 Å². The molecule has 1 aliphatic rings. The summed E-state index contributed by atoms with van der Waals surface area (Å²) in [6.45, 7) is 7.15. The SMILES string of the molecule is Cc1nc(CN2CCCC2C(C)(C)O)no1. The highest BCUT2D eigenvalue weighted by Crippen LogP contribution is 2.27. The number of aryl methyl sites for hydroxylation is 1. The predicted molar refractivity (Wildman–Crippen MR) is 58.8 cm³/mol. The lowest BCUT2D eigenvalue weighted by Crippen LogP contribution is -2.45. The number of aromatic nitrogens is 2. The molecule has 1 N–H and O–H groups in total. The van der Waals surface area contributed by atoms with E-state index in [9.17, 15) is 5.11 Å². The van der Waals surface area contributed by atoms with Crippen molar-refractivity contribution < 1.29 is 9.63 Å². The maximum absolute atomic E-state index is 10.1. The summed E-state index contributed by atoms with van der Waals surface area (Å²) in [5.74, 6) is 1.29.